The van der Waals surface area contributed by atoms with Crippen molar-refractivity contribution in [1.29, 1.82) is 0 Å². The molecule has 0 unspecified atom stereocenters. The van der Waals surface area contributed by atoms with Gasteiger partial charge < -0.3 is 23.9 Å². The average molecular weight is 406 g/mol. The topological polar surface area (TPSA) is 89.5 Å². The number of benzene rings is 1. The number of aromatic nitrogens is 3. The van der Waals surface area contributed by atoms with Crippen LogP contribution in [-0.4, -0.2) is 38.7 Å². The van der Waals surface area contributed by atoms with Crippen LogP contribution < -0.4 is 15.0 Å². The monoisotopic (exact) mass is 406 g/mol. The average Bonchev–Trinajstić information content (AvgIpc) is 3.34. The minimum Gasteiger partial charge on any atom is -0.454 e. The Balaban J connectivity index is 1.43. The molecular weight excluding hydrogens is 384 g/mol. The Labute approximate surface area is 173 Å². The Hall–Kier alpha value is -3.55. The molecule has 30 heavy (non-hydrogen) atoms. The van der Waals surface area contributed by atoms with Gasteiger partial charge in [0.15, 0.2) is 11.5 Å². The lowest BCUT2D eigenvalue weighted by Crippen LogP contribution is -2.40. The number of aromatic amines is 1. The Morgan fingerprint density at radius 2 is 2.03 bits per heavy atom. The highest BCUT2D eigenvalue weighted by Gasteiger charge is 2.27. The first-order chi connectivity index (χ1) is 14.5. The third-order valence-corrected chi connectivity index (χ3v) is 5.61. The predicted molar refractivity (Wildman–Crippen MR) is 109 cm³/mol. The van der Waals surface area contributed by atoms with Crippen LogP contribution in [0.4, 0.5) is 0 Å². The zero-order chi connectivity index (χ0) is 20.8. The molecule has 2 aliphatic heterocycles. The van der Waals surface area contributed by atoms with E-state index in [4.69, 9.17) is 9.47 Å². The van der Waals surface area contributed by atoms with Gasteiger partial charge in [-0.3, -0.25) is 9.59 Å². The first kappa shape index (κ1) is 18.5. The maximum absolute atomic E-state index is 13.3. The van der Waals surface area contributed by atoms with Crippen molar-refractivity contribution in [3.8, 4) is 11.5 Å². The number of nitrogens with zero attached hydrogens (tertiary/aromatic N) is 3. The molecule has 2 aliphatic rings. The number of aryl methyl sites for hydroxylation is 2. The van der Waals surface area contributed by atoms with Crippen LogP contribution in [0.1, 0.15) is 38.7 Å². The van der Waals surface area contributed by atoms with Gasteiger partial charge in [-0.25, -0.2) is 4.98 Å². The Bertz CT molecular complexity index is 1210. The van der Waals surface area contributed by atoms with Crippen LogP contribution in [0.5, 0.6) is 11.5 Å². The fraction of sp³-hybridized carbons (Fsp3) is 0.318. The van der Waals surface area contributed by atoms with Crippen molar-refractivity contribution in [1.82, 2.24) is 19.4 Å². The van der Waals surface area contributed by atoms with Gasteiger partial charge in [-0.15, -0.1) is 0 Å². The highest BCUT2D eigenvalue weighted by atomic mass is 16.7. The summed E-state index contributed by atoms with van der Waals surface area (Å²) in [5.74, 6) is 1.97. The minimum absolute atomic E-state index is 0.204. The molecule has 4 heterocycles. The van der Waals surface area contributed by atoms with E-state index >= 15 is 0 Å². The number of amides is 1. The number of rotatable bonds is 3. The molecule has 1 aromatic carbocycles. The largest absolute Gasteiger partial charge is 0.454 e. The van der Waals surface area contributed by atoms with Gasteiger partial charge in [0.1, 0.15) is 11.4 Å². The number of carbonyl (C=O) groups is 1. The maximum atomic E-state index is 13.3. The molecule has 154 valence electrons. The summed E-state index contributed by atoms with van der Waals surface area (Å²) in [5.41, 5.74) is 3.46. The second-order valence-corrected chi connectivity index (χ2v) is 7.72. The molecule has 0 saturated heterocycles. The summed E-state index contributed by atoms with van der Waals surface area (Å²) in [6.45, 7) is 5.24. The zero-order valence-corrected chi connectivity index (χ0v) is 16.9. The molecule has 5 rings (SSSR count). The van der Waals surface area contributed by atoms with Crippen molar-refractivity contribution >= 4 is 5.91 Å². The van der Waals surface area contributed by atoms with Gasteiger partial charge in [-0.2, -0.15) is 0 Å². The number of pyridine rings is 1. The molecule has 0 saturated carbocycles. The summed E-state index contributed by atoms with van der Waals surface area (Å²) in [6.07, 6.45) is 2.41. The van der Waals surface area contributed by atoms with Gasteiger partial charge in [0.25, 0.3) is 11.5 Å². The normalized spacial score (nSPS) is 14.7. The van der Waals surface area contributed by atoms with Gasteiger partial charge >= 0.3 is 0 Å². The molecule has 8 heteroatoms. The van der Waals surface area contributed by atoms with Crippen LogP contribution >= 0.6 is 0 Å². The standard InChI is InChI=1S/C22H22N4O4/c1-13-5-7-25(10-15-3-4-18-19(9-15)30-12-29-18)21(27)20(13)22(28)26-8-6-16-17(11-26)24-14(2)23-16/h3-5,7,9H,6,8,10-12H2,1-2H3,(H,23,24). The molecule has 1 N–H and O–H groups in total. The molecule has 0 spiro atoms. The van der Waals surface area contributed by atoms with E-state index in [-0.39, 0.29) is 23.8 Å². The van der Waals surface area contributed by atoms with Crippen LogP contribution in [0.25, 0.3) is 0 Å². The maximum Gasteiger partial charge on any atom is 0.263 e. The van der Waals surface area contributed by atoms with Crippen molar-refractivity contribution in [2.45, 2.75) is 33.4 Å². The highest BCUT2D eigenvalue weighted by Crippen LogP contribution is 2.32. The van der Waals surface area contributed by atoms with Crippen LogP contribution in [0.15, 0.2) is 35.3 Å². The fourth-order valence-corrected chi connectivity index (χ4v) is 4.05. The van der Waals surface area contributed by atoms with Crippen LogP contribution in [-0.2, 0) is 19.5 Å². The number of ether oxygens (including phenoxy) is 2. The number of carbonyl (C=O) groups excluding carboxylic acids is 1. The second-order valence-electron chi connectivity index (χ2n) is 7.72. The number of H-pyrrole nitrogens is 1. The van der Waals surface area contributed by atoms with Crippen molar-refractivity contribution in [3.05, 3.63) is 74.7 Å². The lowest BCUT2D eigenvalue weighted by atomic mass is 10.1. The first-order valence-corrected chi connectivity index (χ1v) is 9.92. The number of nitrogens with one attached hydrogen (secondary N) is 1. The molecule has 0 bridgehead atoms. The molecule has 3 aromatic rings. The SMILES string of the molecule is Cc1nc2c([nH]1)CN(C(=O)c1c(C)ccn(Cc3ccc4c(c3)OCO4)c1=O)CC2. The quantitative estimate of drug-likeness (QED) is 0.720. The summed E-state index contributed by atoms with van der Waals surface area (Å²) in [6, 6.07) is 7.41. The molecule has 0 atom stereocenters. The summed E-state index contributed by atoms with van der Waals surface area (Å²) in [4.78, 5) is 35.9. The smallest absolute Gasteiger partial charge is 0.263 e. The highest BCUT2D eigenvalue weighted by molar-refractivity contribution is 5.95. The number of fused-ring (bicyclic) bond motifs is 2. The summed E-state index contributed by atoms with van der Waals surface area (Å²) < 4.78 is 12.3. The molecule has 0 fully saturated rings. The minimum atomic E-state index is -0.288. The van der Waals surface area contributed by atoms with Gasteiger partial charge in [0, 0.05) is 19.2 Å². The van der Waals surface area contributed by atoms with Gasteiger partial charge in [0.2, 0.25) is 6.79 Å². The van der Waals surface area contributed by atoms with Crippen molar-refractivity contribution in [2.24, 2.45) is 0 Å². The predicted octanol–water partition coefficient (Wildman–Crippen LogP) is 2.16. The Morgan fingerprint density at radius 1 is 1.20 bits per heavy atom. The summed E-state index contributed by atoms with van der Waals surface area (Å²) in [5, 5.41) is 0. The molecule has 2 aromatic heterocycles. The van der Waals surface area contributed by atoms with E-state index in [1.165, 1.54) is 0 Å². The second kappa shape index (κ2) is 7.05. The zero-order valence-electron chi connectivity index (χ0n) is 16.9. The van der Waals surface area contributed by atoms with E-state index in [0.717, 1.165) is 22.8 Å². The Kier molecular flexibility index (Phi) is 4.34. The van der Waals surface area contributed by atoms with E-state index in [9.17, 15) is 9.59 Å². The van der Waals surface area contributed by atoms with Gasteiger partial charge in [-0.05, 0) is 43.2 Å². The first-order valence-electron chi connectivity index (χ1n) is 9.92. The number of hydrogen-bond donors (Lipinski definition) is 1. The van der Waals surface area contributed by atoms with Gasteiger partial charge in [0.05, 0.1) is 24.5 Å². The van der Waals surface area contributed by atoms with E-state index in [2.05, 4.69) is 9.97 Å². The number of imidazole rings is 1. The van der Waals surface area contributed by atoms with Crippen molar-refractivity contribution in [2.75, 3.05) is 13.3 Å². The van der Waals surface area contributed by atoms with Crippen LogP contribution in [0.2, 0.25) is 0 Å². The molecule has 1 amide bonds. The van der Waals surface area contributed by atoms with E-state index in [1.807, 2.05) is 31.2 Å². The molecule has 0 radical (unpaired) electrons. The van der Waals surface area contributed by atoms with E-state index < -0.39 is 0 Å². The molecule has 8 nitrogen and oxygen atoms in total. The molecular formula is C22H22N4O4. The van der Waals surface area contributed by atoms with E-state index in [0.29, 0.717) is 43.1 Å². The third kappa shape index (κ3) is 3.14. The fourth-order valence-electron chi connectivity index (χ4n) is 4.05. The van der Waals surface area contributed by atoms with Crippen LogP contribution in [0, 0.1) is 13.8 Å². The summed E-state index contributed by atoms with van der Waals surface area (Å²) in [7, 11) is 0. The number of hydrogen-bond acceptors (Lipinski definition) is 5. The van der Waals surface area contributed by atoms with Gasteiger partial charge in [-0.1, -0.05) is 6.07 Å². The van der Waals surface area contributed by atoms with Crippen molar-refractivity contribution in [3.63, 3.8) is 0 Å². The van der Waals surface area contributed by atoms with Crippen LogP contribution in [0.3, 0.4) is 0 Å². The summed E-state index contributed by atoms with van der Waals surface area (Å²) >= 11 is 0. The lowest BCUT2D eigenvalue weighted by Gasteiger charge is -2.26. The third-order valence-electron chi connectivity index (χ3n) is 5.61. The van der Waals surface area contributed by atoms with Crippen molar-refractivity contribution < 1.29 is 14.3 Å². The van der Waals surface area contributed by atoms with E-state index in [1.54, 1.807) is 22.6 Å². The molecule has 0 aliphatic carbocycles. The lowest BCUT2D eigenvalue weighted by molar-refractivity contribution is 0.0728. The Morgan fingerprint density at radius 3 is 2.90 bits per heavy atom.